The number of rotatable bonds is 4. The van der Waals surface area contributed by atoms with Gasteiger partial charge in [-0.25, -0.2) is 9.37 Å². The predicted octanol–water partition coefficient (Wildman–Crippen LogP) is 4.36. The molecule has 0 unspecified atom stereocenters. The molecule has 0 fully saturated rings. The lowest BCUT2D eigenvalue weighted by Gasteiger charge is -2.10. The number of hydrogen-bond acceptors (Lipinski definition) is 4. The number of imidazole rings is 1. The average molecular weight is 403 g/mol. The monoisotopic (exact) mass is 403 g/mol. The zero-order valence-electron chi connectivity index (χ0n) is 16.8. The van der Waals surface area contributed by atoms with Crippen LogP contribution in [0.4, 0.5) is 4.39 Å². The zero-order valence-corrected chi connectivity index (χ0v) is 16.8. The van der Waals surface area contributed by atoms with E-state index in [1.165, 1.54) is 5.57 Å². The third kappa shape index (κ3) is 2.98. The molecule has 6 nitrogen and oxygen atoms in total. The summed E-state index contributed by atoms with van der Waals surface area (Å²) in [5.41, 5.74) is 5.13. The Morgan fingerprint density at radius 3 is 2.80 bits per heavy atom. The maximum Gasteiger partial charge on any atom is 0.159 e. The number of aromatic hydroxyl groups is 1. The van der Waals surface area contributed by atoms with Crippen molar-refractivity contribution in [2.45, 2.75) is 13.3 Å². The number of phenols is 1. The van der Waals surface area contributed by atoms with E-state index in [-0.39, 0.29) is 11.6 Å². The second kappa shape index (κ2) is 7.11. The number of phenolic OH excluding ortho intramolecular Hbond substituents is 1. The van der Waals surface area contributed by atoms with Crippen molar-refractivity contribution in [1.29, 1.82) is 0 Å². The van der Waals surface area contributed by atoms with Gasteiger partial charge < -0.3 is 10.1 Å². The molecule has 0 bridgehead atoms. The highest BCUT2D eigenvalue weighted by molar-refractivity contribution is 5.95. The van der Waals surface area contributed by atoms with Gasteiger partial charge >= 0.3 is 0 Å². The van der Waals surface area contributed by atoms with E-state index in [1.54, 1.807) is 24.3 Å². The van der Waals surface area contributed by atoms with Crippen molar-refractivity contribution in [3.05, 3.63) is 59.7 Å². The molecular formula is C23H22FN5O. The van der Waals surface area contributed by atoms with Crippen molar-refractivity contribution in [3.63, 3.8) is 0 Å². The lowest BCUT2D eigenvalue weighted by Crippen LogP contribution is -2.13. The number of halogens is 1. The minimum atomic E-state index is -0.362. The van der Waals surface area contributed by atoms with Crippen LogP contribution in [0.25, 0.3) is 39.1 Å². The fourth-order valence-corrected chi connectivity index (χ4v) is 4.06. The summed E-state index contributed by atoms with van der Waals surface area (Å²) in [7, 11) is 2.07. The summed E-state index contributed by atoms with van der Waals surface area (Å²) in [4.78, 5) is 10.1. The highest BCUT2D eigenvalue weighted by atomic mass is 19.1. The first-order valence-electron chi connectivity index (χ1n) is 9.97. The number of fused-ring (bicyclic) bond motifs is 1. The predicted molar refractivity (Wildman–Crippen MR) is 116 cm³/mol. The standard InChI is InChI=1S/C23H22FN5O/c1-3-13-10-15(30)4-5-16(13)17-6-7-18-21(20(17)24)27-28-22(18)23-25-11-19(26-23)14-8-9-29(2)12-14/h4-8,10-11,30H,3,9,12H2,1-2H3,(H,25,26)(H,27,28). The summed E-state index contributed by atoms with van der Waals surface area (Å²) in [5, 5.41) is 17.6. The van der Waals surface area contributed by atoms with E-state index in [1.807, 2.05) is 19.2 Å². The number of aryl methyl sites for hydroxylation is 1. The number of benzene rings is 2. The number of nitrogens with one attached hydrogen (secondary N) is 2. The van der Waals surface area contributed by atoms with Crippen LogP contribution < -0.4 is 0 Å². The molecule has 2 aromatic heterocycles. The van der Waals surface area contributed by atoms with Crippen LogP contribution in [0.3, 0.4) is 0 Å². The second-order valence-corrected chi connectivity index (χ2v) is 7.68. The van der Waals surface area contributed by atoms with Crippen molar-refractivity contribution in [1.82, 2.24) is 25.1 Å². The summed E-state index contributed by atoms with van der Waals surface area (Å²) < 4.78 is 15.4. The first-order chi connectivity index (χ1) is 14.5. The van der Waals surface area contributed by atoms with E-state index in [0.717, 1.165) is 29.9 Å². The minimum absolute atomic E-state index is 0.179. The molecule has 7 heteroatoms. The number of H-pyrrole nitrogens is 2. The molecule has 5 rings (SSSR count). The van der Waals surface area contributed by atoms with Gasteiger partial charge in [0.15, 0.2) is 11.6 Å². The van der Waals surface area contributed by atoms with Crippen LogP contribution in [-0.4, -0.2) is 50.3 Å². The minimum Gasteiger partial charge on any atom is -0.508 e. The Hall–Kier alpha value is -3.45. The first kappa shape index (κ1) is 18.6. The molecule has 0 atom stereocenters. The molecule has 0 saturated carbocycles. The van der Waals surface area contributed by atoms with Crippen LogP contribution >= 0.6 is 0 Å². The Kier molecular flexibility index (Phi) is 4.40. The SMILES string of the molecule is CCc1cc(O)ccc1-c1ccc2c(-c3nc(C4=CCN(C)C4)c[nH]3)n[nH]c2c1F. The number of aromatic amines is 2. The zero-order chi connectivity index (χ0) is 20.8. The number of nitrogens with zero attached hydrogens (tertiary/aromatic N) is 3. The van der Waals surface area contributed by atoms with Crippen LogP contribution in [0.2, 0.25) is 0 Å². The smallest absolute Gasteiger partial charge is 0.159 e. The Labute approximate surface area is 173 Å². The number of aromatic nitrogens is 4. The largest absolute Gasteiger partial charge is 0.508 e. The fourth-order valence-electron chi connectivity index (χ4n) is 4.06. The molecule has 1 aliphatic rings. The van der Waals surface area contributed by atoms with Gasteiger partial charge in [0.2, 0.25) is 0 Å². The average Bonchev–Trinajstić information content (AvgIpc) is 3.47. The summed E-state index contributed by atoms with van der Waals surface area (Å²) >= 11 is 0. The highest BCUT2D eigenvalue weighted by Gasteiger charge is 2.20. The maximum absolute atomic E-state index is 15.4. The number of hydrogen-bond donors (Lipinski definition) is 3. The first-order valence-corrected chi connectivity index (χ1v) is 9.97. The van der Waals surface area contributed by atoms with E-state index in [9.17, 15) is 5.11 Å². The van der Waals surface area contributed by atoms with Crippen molar-refractivity contribution in [2.75, 3.05) is 20.1 Å². The van der Waals surface area contributed by atoms with Gasteiger partial charge in [-0.3, -0.25) is 10.00 Å². The van der Waals surface area contributed by atoms with Crippen LogP contribution in [0, 0.1) is 5.82 Å². The summed E-state index contributed by atoms with van der Waals surface area (Å²) in [5.74, 6) is 0.425. The van der Waals surface area contributed by atoms with Gasteiger partial charge in [-0.2, -0.15) is 5.10 Å². The topological polar surface area (TPSA) is 80.8 Å². The van der Waals surface area contributed by atoms with Crippen molar-refractivity contribution < 1.29 is 9.50 Å². The van der Waals surface area contributed by atoms with E-state index in [2.05, 4.69) is 38.2 Å². The van der Waals surface area contributed by atoms with Gasteiger partial charge in [0, 0.05) is 30.2 Å². The lowest BCUT2D eigenvalue weighted by atomic mass is 9.96. The van der Waals surface area contributed by atoms with Crippen LogP contribution in [0.5, 0.6) is 5.75 Å². The van der Waals surface area contributed by atoms with E-state index >= 15 is 4.39 Å². The Bertz CT molecular complexity index is 1290. The molecule has 4 aromatic rings. The maximum atomic E-state index is 15.4. The molecule has 0 radical (unpaired) electrons. The van der Waals surface area contributed by atoms with Gasteiger partial charge in [-0.05, 0) is 48.4 Å². The molecule has 0 spiro atoms. The quantitative estimate of drug-likeness (QED) is 0.473. The molecule has 3 heterocycles. The molecule has 30 heavy (non-hydrogen) atoms. The van der Waals surface area contributed by atoms with Gasteiger partial charge in [0.05, 0.1) is 5.69 Å². The van der Waals surface area contributed by atoms with Crippen LogP contribution in [0.15, 0.2) is 42.6 Å². The van der Waals surface area contributed by atoms with Gasteiger partial charge in [0.1, 0.15) is 17.0 Å². The number of likely N-dealkylation sites (N-methyl/N-ethyl adjacent to an activating group) is 1. The second-order valence-electron chi connectivity index (χ2n) is 7.68. The van der Waals surface area contributed by atoms with Crippen LogP contribution in [0.1, 0.15) is 18.2 Å². The third-order valence-electron chi connectivity index (χ3n) is 5.66. The van der Waals surface area contributed by atoms with E-state index in [4.69, 9.17) is 0 Å². The normalized spacial score (nSPS) is 14.6. The highest BCUT2D eigenvalue weighted by Crippen LogP contribution is 2.35. The van der Waals surface area contributed by atoms with Crippen LogP contribution in [-0.2, 0) is 6.42 Å². The fraction of sp³-hybridized carbons (Fsp3) is 0.217. The van der Waals surface area contributed by atoms with E-state index in [0.29, 0.717) is 34.4 Å². The molecule has 3 N–H and O–H groups in total. The van der Waals surface area contributed by atoms with E-state index < -0.39 is 0 Å². The van der Waals surface area contributed by atoms with Crippen molar-refractivity contribution in [2.24, 2.45) is 0 Å². The molecule has 0 amide bonds. The van der Waals surface area contributed by atoms with Gasteiger partial charge in [-0.15, -0.1) is 0 Å². The van der Waals surface area contributed by atoms with Crippen molar-refractivity contribution in [3.8, 4) is 28.4 Å². The Morgan fingerprint density at radius 2 is 2.03 bits per heavy atom. The third-order valence-corrected chi connectivity index (χ3v) is 5.66. The molecular weight excluding hydrogens is 381 g/mol. The summed E-state index contributed by atoms with van der Waals surface area (Å²) in [6, 6.07) is 8.64. The summed E-state index contributed by atoms with van der Waals surface area (Å²) in [6.07, 6.45) is 4.72. The molecule has 0 aliphatic carbocycles. The molecule has 152 valence electrons. The molecule has 1 aliphatic heterocycles. The Balaban J connectivity index is 1.56. The van der Waals surface area contributed by atoms with Gasteiger partial charge in [-0.1, -0.05) is 25.1 Å². The van der Waals surface area contributed by atoms with Gasteiger partial charge in [0.25, 0.3) is 0 Å². The van der Waals surface area contributed by atoms with Crippen molar-refractivity contribution >= 4 is 16.5 Å². The summed E-state index contributed by atoms with van der Waals surface area (Å²) in [6.45, 7) is 3.75. The lowest BCUT2D eigenvalue weighted by molar-refractivity contribution is 0.438. The molecule has 0 saturated heterocycles. The molecule has 2 aromatic carbocycles. The Morgan fingerprint density at radius 1 is 1.20 bits per heavy atom.